The lowest BCUT2D eigenvalue weighted by Gasteiger charge is -2.31. The van der Waals surface area contributed by atoms with Gasteiger partial charge in [-0.25, -0.2) is 9.59 Å². The van der Waals surface area contributed by atoms with E-state index in [1.54, 1.807) is 17.2 Å². The second kappa shape index (κ2) is 9.24. The van der Waals surface area contributed by atoms with Crippen LogP contribution in [0.1, 0.15) is 24.8 Å². The molecule has 1 aliphatic carbocycles. The summed E-state index contributed by atoms with van der Waals surface area (Å²) in [5, 5.41) is 2.76. The molecule has 1 aromatic heterocycles. The molecule has 9 nitrogen and oxygen atoms in total. The van der Waals surface area contributed by atoms with Gasteiger partial charge in [-0.3, -0.25) is 14.8 Å². The first-order valence-electron chi connectivity index (χ1n) is 11.9. The summed E-state index contributed by atoms with van der Waals surface area (Å²) in [7, 11) is 0. The van der Waals surface area contributed by atoms with Gasteiger partial charge in [0.25, 0.3) is 0 Å². The van der Waals surface area contributed by atoms with Crippen LogP contribution in [0.15, 0.2) is 41.3 Å². The Morgan fingerprint density at radius 1 is 1.09 bits per heavy atom. The average molecular weight is 452 g/mol. The van der Waals surface area contributed by atoms with Gasteiger partial charge in [0.1, 0.15) is 5.82 Å². The van der Waals surface area contributed by atoms with E-state index in [4.69, 9.17) is 11.5 Å². The number of nitrogens with one attached hydrogen (secondary N) is 1. The van der Waals surface area contributed by atoms with E-state index in [1.165, 1.54) is 10.1 Å². The number of piperidine rings is 2. The van der Waals surface area contributed by atoms with E-state index in [9.17, 15) is 9.59 Å². The molecular formula is C24H33N7O2. The fourth-order valence-electron chi connectivity index (χ4n) is 5.33. The van der Waals surface area contributed by atoms with Crippen LogP contribution in [0.4, 0.5) is 10.6 Å². The third-order valence-electron chi connectivity index (χ3n) is 7.47. The largest absolute Gasteiger partial charge is 0.354 e. The molecule has 3 heterocycles. The summed E-state index contributed by atoms with van der Waals surface area (Å²) in [4.78, 5) is 33.4. The predicted octanol–water partition coefficient (Wildman–Crippen LogP) is 1.21. The van der Waals surface area contributed by atoms with Crippen molar-refractivity contribution < 1.29 is 4.79 Å². The molecule has 33 heavy (non-hydrogen) atoms. The molecule has 3 fully saturated rings. The number of likely N-dealkylation sites (tertiary alicyclic amines) is 2. The van der Waals surface area contributed by atoms with E-state index in [0.29, 0.717) is 43.4 Å². The fraction of sp³-hybridized carbons (Fsp3) is 0.542. The summed E-state index contributed by atoms with van der Waals surface area (Å²) < 4.78 is 1.49. The molecule has 5 rings (SSSR count). The van der Waals surface area contributed by atoms with Crippen molar-refractivity contribution in [3.05, 3.63) is 52.6 Å². The third-order valence-corrected chi connectivity index (χ3v) is 7.47. The molecule has 3 atom stereocenters. The van der Waals surface area contributed by atoms with Crippen LogP contribution in [0.25, 0.3) is 5.69 Å². The summed E-state index contributed by atoms with van der Waals surface area (Å²) >= 11 is 0. The second-order valence-electron chi connectivity index (χ2n) is 9.67. The quantitative estimate of drug-likeness (QED) is 0.607. The zero-order chi connectivity index (χ0) is 22.9. The predicted molar refractivity (Wildman–Crippen MR) is 127 cm³/mol. The summed E-state index contributed by atoms with van der Waals surface area (Å²) in [5.74, 6) is 2.21. The van der Waals surface area contributed by atoms with Crippen LogP contribution in [-0.2, 0) is 6.54 Å². The van der Waals surface area contributed by atoms with Crippen molar-refractivity contribution in [2.24, 2.45) is 29.2 Å². The minimum absolute atomic E-state index is 0.212. The lowest BCUT2D eigenvalue weighted by Crippen LogP contribution is -2.41. The van der Waals surface area contributed by atoms with Gasteiger partial charge in [0.2, 0.25) is 0 Å². The van der Waals surface area contributed by atoms with E-state index < -0.39 is 5.69 Å². The molecule has 2 amide bonds. The highest BCUT2D eigenvalue weighted by atomic mass is 16.2. The number of urea groups is 1. The molecule has 5 N–H and O–H groups in total. The van der Waals surface area contributed by atoms with Crippen molar-refractivity contribution in [2.45, 2.75) is 31.8 Å². The molecule has 176 valence electrons. The molecule has 0 bridgehead atoms. The third kappa shape index (κ3) is 4.80. The molecule has 9 heteroatoms. The van der Waals surface area contributed by atoms with E-state index in [-0.39, 0.29) is 11.8 Å². The smallest absolute Gasteiger partial charge is 0.330 e. The number of nitrogens with two attached hydrogens (primary N) is 2. The minimum Gasteiger partial charge on any atom is -0.330 e. The maximum atomic E-state index is 12.6. The molecule has 1 saturated carbocycles. The molecule has 0 spiro atoms. The number of aromatic nitrogens is 2. The first kappa shape index (κ1) is 22.1. The Bertz CT molecular complexity index is 1030. The zero-order valence-electron chi connectivity index (χ0n) is 18.9. The number of amides is 2. The number of hydrogen-bond donors (Lipinski definition) is 3. The summed E-state index contributed by atoms with van der Waals surface area (Å²) in [6.45, 7) is 5.15. The standard InChI is InChI=1S/C24H33N7O2/c25-9-5-16-6-10-30(11-7-16)23(32)27-21-8-12-31(24(33)28-21)18-3-1-17(2-4-18)13-29-14-19-20(15-29)22(19)26/h1-4,8,12,16,19-20,22H,5-7,9-11,13-15,25-26H2,(H,27,28,32,33)/t19-,20+,22?. The van der Waals surface area contributed by atoms with Crippen LogP contribution < -0.4 is 22.5 Å². The monoisotopic (exact) mass is 451 g/mol. The van der Waals surface area contributed by atoms with Crippen LogP contribution in [0.3, 0.4) is 0 Å². The molecule has 1 unspecified atom stereocenters. The van der Waals surface area contributed by atoms with Gasteiger partial charge >= 0.3 is 11.7 Å². The number of carbonyl (C=O) groups excluding carboxylic acids is 1. The van der Waals surface area contributed by atoms with Gasteiger partial charge in [-0.2, -0.15) is 4.98 Å². The lowest BCUT2D eigenvalue weighted by atomic mass is 9.94. The van der Waals surface area contributed by atoms with Crippen LogP contribution >= 0.6 is 0 Å². The molecule has 0 radical (unpaired) electrons. The molecule has 2 aromatic rings. The van der Waals surface area contributed by atoms with Crippen LogP contribution in [0.2, 0.25) is 0 Å². The van der Waals surface area contributed by atoms with Crippen molar-refractivity contribution >= 4 is 11.8 Å². The Kier molecular flexibility index (Phi) is 6.18. The number of fused-ring (bicyclic) bond motifs is 1. The Hall–Kier alpha value is -2.75. The maximum Gasteiger partial charge on any atom is 0.354 e. The highest BCUT2D eigenvalue weighted by Gasteiger charge is 2.53. The van der Waals surface area contributed by atoms with Crippen LogP contribution in [0, 0.1) is 17.8 Å². The number of anilines is 1. The SMILES string of the molecule is NCCC1CCN(C(=O)Nc2ccn(-c3ccc(CN4C[C@@H]5C(N)[C@@H]5C4)cc3)c(=O)n2)CC1. The van der Waals surface area contributed by atoms with Crippen molar-refractivity contribution in [3.63, 3.8) is 0 Å². The lowest BCUT2D eigenvalue weighted by molar-refractivity contribution is 0.180. The molecular weight excluding hydrogens is 418 g/mol. The highest BCUT2D eigenvalue weighted by molar-refractivity contribution is 5.88. The molecule has 1 aromatic carbocycles. The zero-order valence-corrected chi connectivity index (χ0v) is 18.9. The van der Waals surface area contributed by atoms with E-state index in [2.05, 4.69) is 27.3 Å². The topological polar surface area (TPSA) is 123 Å². The van der Waals surface area contributed by atoms with Crippen molar-refractivity contribution in [3.8, 4) is 5.69 Å². The summed E-state index contributed by atoms with van der Waals surface area (Å²) in [6.07, 6.45) is 4.58. The number of nitrogens with zero attached hydrogens (tertiary/aromatic N) is 4. The van der Waals surface area contributed by atoms with Crippen LogP contribution in [0.5, 0.6) is 0 Å². The van der Waals surface area contributed by atoms with Gasteiger partial charge < -0.3 is 16.4 Å². The van der Waals surface area contributed by atoms with Crippen molar-refractivity contribution in [2.75, 3.05) is 38.0 Å². The van der Waals surface area contributed by atoms with Crippen molar-refractivity contribution in [1.29, 1.82) is 0 Å². The number of carbonyl (C=O) groups is 1. The Morgan fingerprint density at radius 3 is 2.42 bits per heavy atom. The summed E-state index contributed by atoms with van der Waals surface area (Å²) in [6, 6.07) is 9.83. The van der Waals surface area contributed by atoms with E-state index >= 15 is 0 Å². The van der Waals surface area contributed by atoms with Gasteiger partial charge in [-0.15, -0.1) is 0 Å². The first-order chi connectivity index (χ1) is 16.0. The molecule has 3 aliphatic rings. The van der Waals surface area contributed by atoms with Crippen LogP contribution in [-0.4, -0.2) is 64.1 Å². The van der Waals surface area contributed by atoms with Gasteiger partial charge in [0.05, 0.1) is 5.69 Å². The van der Waals surface area contributed by atoms with E-state index in [0.717, 1.165) is 44.6 Å². The Labute approximate surface area is 193 Å². The minimum atomic E-state index is -0.421. The van der Waals surface area contributed by atoms with E-state index in [1.807, 2.05) is 12.1 Å². The van der Waals surface area contributed by atoms with Gasteiger partial charge in [-0.1, -0.05) is 12.1 Å². The number of hydrogen-bond acceptors (Lipinski definition) is 6. The Morgan fingerprint density at radius 2 is 1.79 bits per heavy atom. The van der Waals surface area contributed by atoms with Gasteiger partial charge in [0.15, 0.2) is 0 Å². The second-order valence-corrected chi connectivity index (χ2v) is 9.67. The van der Waals surface area contributed by atoms with Crippen molar-refractivity contribution in [1.82, 2.24) is 19.4 Å². The fourth-order valence-corrected chi connectivity index (χ4v) is 5.33. The van der Waals surface area contributed by atoms with Gasteiger partial charge in [0, 0.05) is 45.0 Å². The average Bonchev–Trinajstić information content (AvgIpc) is 3.20. The highest BCUT2D eigenvalue weighted by Crippen LogP contribution is 2.44. The molecule has 2 aliphatic heterocycles. The maximum absolute atomic E-state index is 12.6. The first-order valence-corrected chi connectivity index (χ1v) is 11.9. The Balaban J connectivity index is 1.17. The number of rotatable bonds is 6. The normalized spacial score (nSPS) is 25.2. The molecule has 2 saturated heterocycles. The number of benzene rings is 1. The van der Waals surface area contributed by atoms with Gasteiger partial charge in [-0.05, 0) is 67.3 Å². The summed E-state index contributed by atoms with van der Waals surface area (Å²) in [5.41, 5.74) is 13.2.